The molecule has 1 N–H and O–H groups in total. The largest absolute Gasteiger partial charge is 0.377 e. The van der Waals surface area contributed by atoms with E-state index in [4.69, 9.17) is 4.74 Å². The number of halogens is 2. The lowest BCUT2D eigenvalue weighted by Gasteiger charge is -2.31. The van der Waals surface area contributed by atoms with Crippen molar-refractivity contribution in [1.29, 1.82) is 0 Å². The molecular weight excluding hydrogens is 321 g/mol. The standard InChI is InChI=1S/C16H23BrFNO/c1-2-6-19-15(16-5-3-4-7-20-16)10-12-8-13(17)11-14(18)9-12/h8-9,11,15-16,19H,2-7,10H2,1H3. The highest BCUT2D eigenvalue weighted by atomic mass is 79.9. The second-order valence-corrected chi connectivity index (χ2v) is 6.36. The number of benzene rings is 1. The molecule has 0 saturated carbocycles. The van der Waals surface area contributed by atoms with Crippen LogP contribution in [0.25, 0.3) is 0 Å². The van der Waals surface area contributed by atoms with Gasteiger partial charge in [0, 0.05) is 17.1 Å². The molecule has 1 fully saturated rings. The third-order valence-electron chi connectivity index (χ3n) is 3.70. The van der Waals surface area contributed by atoms with Gasteiger partial charge in [0.2, 0.25) is 0 Å². The molecule has 0 bridgehead atoms. The quantitative estimate of drug-likeness (QED) is 0.840. The molecule has 1 aromatic rings. The molecule has 1 aliphatic heterocycles. The van der Waals surface area contributed by atoms with E-state index in [2.05, 4.69) is 28.2 Å². The van der Waals surface area contributed by atoms with Crippen molar-refractivity contribution in [2.75, 3.05) is 13.2 Å². The Morgan fingerprint density at radius 1 is 1.40 bits per heavy atom. The van der Waals surface area contributed by atoms with Crippen LogP contribution in [0.5, 0.6) is 0 Å². The summed E-state index contributed by atoms with van der Waals surface area (Å²) in [5, 5.41) is 3.56. The highest BCUT2D eigenvalue weighted by Crippen LogP contribution is 2.21. The van der Waals surface area contributed by atoms with Crippen LogP contribution in [0.3, 0.4) is 0 Å². The number of nitrogens with one attached hydrogen (secondary N) is 1. The average Bonchev–Trinajstić information content (AvgIpc) is 2.43. The van der Waals surface area contributed by atoms with Crippen LogP contribution in [0.2, 0.25) is 0 Å². The van der Waals surface area contributed by atoms with Crippen molar-refractivity contribution in [3.05, 3.63) is 34.1 Å². The molecule has 20 heavy (non-hydrogen) atoms. The van der Waals surface area contributed by atoms with Crippen molar-refractivity contribution in [3.63, 3.8) is 0 Å². The van der Waals surface area contributed by atoms with Crippen LogP contribution in [0.1, 0.15) is 38.2 Å². The normalized spacial score (nSPS) is 20.9. The van der Waals surface area contributed by atoms with Gasteiger partial charge in [-0.25, -0.2) is 4.39 Å². The molecule has 0 aliphatic carbocycles. The van der Waals surface area contributed by atoms with Crippen molar-refractivity contribution in [1.82, 2.24) is 5.32 Å². The molecule has 1 saturated heterocycles. The molecule has 0 spiro atoms. The summed E-state index contributed by atoms with van der Waals surface area (Å²) in [7, 11) is 0. The van der Waals surface area contributed by atoms with Gasteiger partial charge < -0.3 is 10.1 Å². The van der Waals surface area contributed by atoms with Gasteiger partial charge in [0.15, 0.2) is 0 Å². The smallest absolute Gasteiger partial charge is 0.124 e. The van der Waals surface area contributed by atoms with E-state index >= 15 is 0 Å². The van der Waals surface area contributed by atoms with E-state index in [0.29, 0.717) is 0 Å². The molecule has 2 nitrogen and oxygen atoms in total. The van der Waals surface area contributed by atoms with Crippen molar-refractivity contribution in [3.8, 4) is 0 Å². The Morgan fingerprint density at radius 3 is 2.90 bits per heavy atom. The van der Waals surface area contributed by atoms with Crippen LogP contribution >= 0.6 is 15.9 Å². The fourth-order valence-corrected chi connectivity index (χ4v) is 3.24. The van der Waals surface area contributed by atoms with Crippen LogP contribution in [0.4, 0.5) is 4.39 Å². The molecule has 2 unspecified atom stereocenters. The van der Waals surface area contributed by atoms with Gasteiger partial charge >= 0.3 is 0 Å². The Kier molecular flexibility index (Phi) is 6.46. The maximum atomic E-state index is 13.5. The Balaban J connectivity index is 2.05. The van der Waals surface area contributed by atoms with Crippen molar-refractivity contribution in [2.45, 2.75) is 51.2 Å². The zero-order chi connectivity index (χ0) is 14.4. The van der Waals surface area contributed by atoms with E-state index < -0.39 is 0 Å². The monoisotopic (exact) mass is 343 g/mol. The van der Waals surface area contributed by atoms with Gasteiger partial charge in [-0.15, -0.1) is 0 Å². The Bertz CT molecular complexity index is 401. The second kappa shape index (κ2) is 8.11. The van der Waals surface area contributed by atoms with Crippen LogP contribution in [-0.4, -0.2) is 25.3 Å². The third kappa shape index (κ3) is 4.83. The van der Waals surface area contributed by atoms with Crippen LogP contribution in [0, 0.1) is 5.82 Å². The SMILES string of the molecule is CCCNC(Cc1cc(F)cc(Br)c1)C1CCCCO1. The summed E-state index contributed by atoms with van der Waals surface area (Å²) in [6.45, 7) is 3.98. The number of hydrogen-bond acceptors (Lipinski definition) is 2. The first-order valence-electron chi connectivity index (χ1n) is 7.49. The number of hydrogen-bond donors (Lipinski definition) is 1. The predicted octanol–water partition coefficient (Wildman–Crippen LogP) is 4.07. The van der Waals surface area contributed by atoms with Crippen molar-refractivity contribution < 1.29 is 9.13 Å². The molecule has 112 valence electrons. The van der Waals surface area contributed by atoms with Crippen molar-refractivity contribution in [2.24, 2.45) is 0 Å². The molecule has 0 amide bonds. The first-order chi connectivity index (χ1) is 9.69. The lowest BCUT2D eigenvalue weighted by Crippen LogP contribution is -2.44. The Hall–Kier alpha value is -0.450. The Labute approximate surface area is 129 Å². The first kappa shape index (κ1) is 15.9. The summed E-state index contributed by atoms with van der Waals surface area (Å²) in [5.41, 5.74) is 1.01. The molecule has 4 heteroatoms. The lowest BCUT2D eigenvalue weighted by atomic mass is 9.96. The van der Waals surface area contributed by atoms with Gasteiger partial charge in [-0.3, -0.25) is 0 Å². The molecule has 0 aromatic heterocycles. The van der Waals surface area contributed by atoms with Crippen LogP contribution in [0.15, 0.2) is 22.7 Å². The maximum Gasteiger partial charge on any atom is 0.124 e. The minimum Gasteiger partial charge on any atom is -0.377 e. The summed E-state index contributed by atoms with van der Waals surface area (Å²) in [6, 6.07) is 5.37. The van der Waals surface area contributed by atoms with E-state index in [1.54, 1.807) is 6.07 Å². The van der Waals surface area contributed by atoms with E-state index in [-0.39, 0.29) is 18.0 Å². The molecular formula is C16H23BrFNO. The van der Waals surface area contributed by atoms with Gasteiger partial charge in [-0.2, -0.15) is 0 Å². The summed E-state index contributed by atoms with van der Waals surface area (Å²) in [5.74, 6) is -0.187. The fourth-order valence-electron chi connectivity index (χ4n) is 2.73. The Morgan fingerprint density at radius 2 is 2.25 bits per heavy atom. The molecule has 2 rings (SSSR count). The third-order valence-corrected chi connectivity index (χ3v) is 4.16. The highest BCUT2D eigenvalue weighted by Gasteiger charge is 2.24. The topological polar surface area (TPSA) is 21.3 Å². The van der Waals surface area contributed by atoms with E-state index in [1.807, 2.05) is 6.07 Å². The molecule has 1 aliphatic rings. The van der Waals surface area contributed by atoms with E-state index in [1.165, 1.54) is 12.5 Å². The van der Waals surface area contributed by atoms with Gasteiger partial charge in [0.05, 0.1) is 6.10 Å². The molecule has 0 radical (unpaired) electrons. The van der Waals surface area contributed by atoms with Crippen LogP contribution in [-0.2, 0) is 11.2 Å². The van der Waals surface area contributed by atoms with Gasteiger partial charge in [0.25, 0.3) is 0 Å². The summed E-state index contributed by atoms with van der Waals surface area (Å²) >= 11 is 3.36. The van der Waals surface area contributed by atoms with Gasteiger partial charge in [0.1, 0.15) is 5.82 Å². The zero-order valence-electron chi connectivity index (χ0n) is 12.0. The highest BCUT2D eigenvalue weighted by molar-refractivity contribution is 9.10. The fraction of sp³-hybridized carbons (Fsp3) is 0.625. The predicted molar refractivity (Wildman–Crippen MR) is 83.5 cm³/mol. The second-order valence-electron chi connectivity index (χ2n) is 5.45. The average molecular weight is 344 g/mol. The van der Waals surface area contributed by atoms with Gasteiger partial charge in [-0.1, -0.05) is 22.9 Å². The molecule has 1 heterocycles. The minimum atomic E-state index is -0.187. The number of rotatable bonds is 6. The lowest BCUT2D eigenvalue weighted by molar-refractivity contribution is -0.00739. The minimum absolute atomic E-state index is 0.187. The van der Waals surface area contributed by atoms with E-state index in [9.17, 15) is 4.39 Å². The van der Waals surface area contributed by atoms with Crippen molar-refractivity contribution >= 4 is 15.9 Å². The zero-order valence-corrected chi connectivity index (χ0v) is 13.6. The maximum absolute atomic E-state index is 13.5. The van der Waals surface area contributed by atoms with E-state index in [0.717, 1.165) is 48.9 Å². The summed E-state index contributed by atoms with van der Waals surface area (Å²) < 4.78 is 20.2. The van der Waals surface area contributed by atoms with Crippen LogP contribution < -0.4 is 5.32 Å². The molecule has 2 atom stereocenters. The first-order valence-corrected chi connectivity index (χ1v) is 8.28. The summed E-state index contributed by atoms with van der Waals surface area (Å²) in [6.07, 6.45) is 5.62. The molecule has 1 aromatic carbocycles. The summed E-state index contributed by atoms with van der Waals surface area (Å²) in [4.78, 5) is 0. The van der Waals surface area contributed by atoms with Gasteiger partial charge in [-0.05, 0) is 62.4 Å². The number of ether oxygens (including phenoxy) is 1.